The second kappa shape index (κ2) is 6.45. The molecule has 0 aromatic carbocycles. The highest BCUT2D eigenvalue weighted by Gasteiger charge is 2.32. The second-order valence-electron chi connectivity index (χ2n) is 6.31. The van der Waals surface area contributed by atoms with Crippen molar-refractivity contribution in [3.05, 3.63) is 27.4 Å². The predicted molar refractivity (Wildman–Crippen MR) is 82.1 cm³/mol. The number of aromatic nitrogens is 2. The van der Waals surface area contributed by atoms with Crippen LogP contribution in [0.25, 0.3) is 0 Å². The lowest BCUT2D eigenvalue weighted by Crippen LogP contribution is -2.52. The van der Waals surface area contributed by atoms with Crippen molar-refractivity contribution in [2.24, 2.45) is 0 Å². The lowest BCUT2D eigenvalue weighted by molar-refractivity contribution is -0.0483. The average Bonchev–Trinajstić information content (AvgIpc) is 2.78. The maximum absolute atomic E-state index is 12.0. The molecule has 2 aliphatic heterocycles. The van der Waals surface area contributed by atoms with E-state index in [1.807, 2.05) is 6.92 Å². The summed E-state index contributed by atoms with van der Waals surface area (Å²) in [4.78, 5) is 21.5. The fourth-order valence-corrected chi connectivity index (χ4v) is 3.23. The normalized spacial score (nSPS) is 27.0. The van der Waals surface area contributed by atoms with Gasteiger partial charge in [0.15, 0.2) is 0 Å². The van der Waals surface area contributed by atoms with E-state index in [9.17, 15) is 9.90 Å². The van der Waals surface area contributed by atoms with Crippen molar-refractivity contribution in [2.75, 3.05) is 45.9 Å². The van der Waals surface area contributed by atoms with Crippen molar-refractivity contribution in [3.8, 4) is 0 Å². The SMILES string of the molecule is Cc1nc2c(c(=O)[nH]1)CCN(C[C@@]1(O)CNCCOC1)CC2. The van der Waals surface area contributed by atoms with Gasteiger partial charge >= 0.3 is 0 Å². The molecule has 0 aliphatic carbocycles. The maximum Gasteiger partial charge on any atom is 0.254 e. The van der Waals surface area contributed by atoms with Crippen molar-refractivity contribution >= 4 is 0 Å². The highest BCUT2D eigenvalue weighted by Crippen LogP contribution is 2.15. The predicted octanol–water partition coefficient (Wildman–Crippen LogP) is -1.17. The molecule has 0 spiro atoms. The molecule has 0 unspecified atom stereocenters. The van der Waals surface area contributed by atoms with Crippen molar-refractivity contribution in [1.29, 1.82) is 0 Å². The molecular formula is C15H24N4O3. The molecule has 2 aliphatic rings. The monoisotopic (exact) mass is 308 g/mol. The Morgan fingerprint density at radius 3 is 3.09 bits per heavy atom. The van der Waals surface area contributed by atoms with Gasteiger partial charge in [-0.3, -0.25) is 9.69 Å². The molecule has 1 aromatic rings. The third-order valence-electron chi connectivity index (χ3n) is 4.33. The van der Waals surface area contributed by atoms with Crippen LogP contribution in [0.1, 0.15) is 17.1 Å². The quantitative estimate of drug-likeness (QED) is 0.638. The maximum atomic E-state index is 12.0. The Morgan fingerprint density at radius 2 is 2.23 bits per heavy atom. The number of fused-ring (bicyclic) bond motifs is 1. The molecule has 122 valence electrons. The van der Waals surface area contributed by atoms with Crippen LogP contribution in [0, 0.1) is 6.92 Å². The highest BCUT2D eigenvalue weighted by atomic mass is 16.5. The largest absolute Gasteiger partial charge is 0.385 e. The molecule has 22 heavy (non-hydrogen) atoms. The number of ether oxygens (including phenoxy) is 1. The van der Waals surface area contributed by atoms with Gasteiger partial charge in [0, 0.05) is 44.7 Å². The van der Waals surface area contributed by atoms with E-state index in [4.69, 9.17) is 4.74 Å². The number of β-amino-alcohol motifs (C(OH)–C–C–N with tert-alkyl or cyclic N) is 1. The molecule has 1 saturated heterocycles. The number of rotatable bonds is 2. The molecule has 0 bridgehead atoms. The zero-order valence-electron chi connectivity index (χ0n) is 13.0. The van der Waals surface area contributed by atoms with Gasteiger partial charge in [-0.25, -0.2) is 4.98 Å². The molecule has 3 heterocycles. The van der Waals surface area contributed by atoms with E-state index in [0.717, 1.165) is 37.3 Å². The van der Waals surface area contributed by atoms with Crippen LogP contribution in [0.5, 0.6) is 0 Å². The molecular weight excluding hydrogens is 284 g/mol. The minimum Gasteiger partial charge on any atom is -0.385 e. The third-order valence-corrected chi connectivity index (χ3v) is 4.33. The number of H-pyrrole nitrogens is 1. The Balaban J connectivity index is 1.69. The van der Waals surface area contributed by atoms with E-state index < -0.39 is 5.60 Å². The molecule has 1 aromatic heterocycles. The molecule has 7 heteroatoms. The van der Waals surface area contributed by atoms with Crippen LogP contribution in [0.15, 0.2) is 4.79 Å². The van der Waals surface area contributed by atoms with Crippen LogP contribution < -0.4 is 10.9 Å². The first-order valence-corrected chi connectivity index (χ1v) is 7.88. The Hall–Kier alpha value is -1.28. The fraction of sp³-hybridized carbons (Fsp3) is 0.733. The van der Waals surface area contributed by atoms with Gasteiger partial charge in [0.1, 0.15) is 11.4 Å². The first-order chi connectivity index (χ1) is 10.6. The molecule has 0 saturated carbocycles. The number of nitrogens with zero attached hydrogens (tertiary/aromatic N) is 2. The van der Waals surface area contributed by atoms with E-state index >= 15 is 0 Å². The lowest BCUT2D eigenvalue weighted by Gasteiger charge is -2.32. The van der Waals surface area contributed by atoms with Gasteiger partial charge in [0.05, 0.1) is 18.9 Å². The van der Waals surface area contributed by atoms with Crippen molar-refractivity contribution in [1.82, 2.24) is 20.2 Å². The first-order valence-electron chi connectivity index (χ1n) is 7.88. The number of aromatic amines is 1. The molecule has 3 rings (SSSR count). The van der Waals surface area contributed by atoms with E-state index in [1.165, 1.54) is 0 Å². The second-order valence-corrected chi connectivity index (χ2v) is 6.31. The molecule has 1 fully saturated rings. The smallest absolute Gasteiger partial charge is 0.254 e. The number of hydrogen-bond donors (Lipinski definition) is 3. The summed E-state index contributed by atoms with van der Waals surface area (Å²) < 4.78 is 5.47. The molecule has 0 radical (unpaired) electrons. The molecule has 7 nitrogen and oxygen atoms in total. The van der Waals surface area contributed by atoms with Gasteiger partial charge in [-0.05, 0) is 13.3 Å². The van der Waals surface area contributed by atoms with E-state index in [0.29, 0.717) is 38.5 Å². The van der Waals surface area contributed by atoms with Crippen LogP contribution in [-0.2, 0) is 17.6 Å². The zero-order chi connectivity index (χ0) is 15.6. The summed E-state index contributed by atoms with van der Waals surface area (Å²) in [5, 5.41) is 13.9. The van der Waals surface area contributed by atoms with E-state index in [2.05, 4.69) is 20.2 Å². The van der Waals surface area contributed by atoms with Crippen molar-refractivity contribution in [2.45, 2.75) is 25.4 Å². The third kappa shape index (κ3) is 3.55. The summed E-state index contributed by atoms with van der Waals surface area (Å²) in [5.41, 5.74) is 0.784. The molecule has 1 atom stereocenters. The van der Waals surface area contributed by atoms with Crippen LogP contribution in [0.4, 0.5) is 0 Å². The first kappa shape index (κ1) is 15.6. The summed E-state index contributed by atoms with van der Waals surface area (Å²) in [6.07, 6.45) is 1.41. The van der Waals surface area contributed by atoms with Crippen LogP contribution in [0.2, 0.25) is 0 Å². The summed E-state index contributed by atoms with van der Waals surface area (Å²) in [6, 6.07) is 0. The van der Waals surface area contributed by atoms with E-state index in [1.54, 1.807) is 0 Å². The zero-order valence-corrected chi connectivity index (χ0v) is 13.0. The topological polar surface area (TPSA) is 90.5 Å². The number of hydrogen-bond acceptors (Lipinski definition) is 6. The van der Waals surface area contributed by atoms with E-state index in [-0.39, 0.29) is 5.56 Å². The van der Waals surface area contributed by atoms with Crippen LogP contribution in [0.3, 0.4) is 0 Å². The van der Waals surface area contributed by atoms with Gasteiger partial charge in [-0.2, -0.15) is 0 Å². The number of aliphatic hydroxyl groups is 1. The Labute approximate surface area is 129 Å². The van der Waals surface area contributed by atoms with Gasteiger partial charge in [0.25, 0.3) is 5.56 Å². The highest BCUT2D eigenvalue weighted by molar-refractivity contribution is 5.20. The van der Waals surface area contributed by atoms with Gasteiger partial charge in [-0.15, -0.1) is 0 Å². The standard InChI is InChI=1S/C15H24N4O3/c1-11-17-13-3-6-19(5-2-12(13)14(20)18-11)9-15(21)8-16-4-7-22-10-15/h16,21H,2-10H2,1H3,(H,17,18,20)/t15-/m0/s1. The summed E-state index contributed by atoms with van der Waals surface area (Å²) in [6.45, 7) is 6.19. The summed E-state index contributed by atoms with van der Waals surface area (Å²) >= 11 is 0. The Morgan fingerprint density at radius 1 is 1.41 bits per heavy atom. The summed E-state index contributed by atoms with van der Waals surface area (Å²) in [7, 11) is 0. The molecule has 0 amide bonds. The van der Waals surface area contributed by atoms with Gasteiger partial charge < -0.3 is 20.1 Å². The lowest BCUT2D eigenvalue weighted by atomic mass is 10.0. The average molecular weight is 308 g/mol. The van der Waals surface area contributed by atoms with Crippen LogP contribution in [-0.4, -0.2) is 71.5 Å². The Kier molecular flexibility index (Phi) is 4.58. The van der Waals surface area contributed by atoms with Crippen molar-refractivity contribution < 1.29 is 9.84 Å². The Bertz CT molecular complexity index is 579. The van der Waals surface area contributed by atoms with Crippen LogP contribution >= 0.6 is 0 Å². The minimum absolute atomic E-state index is 0.0254. The minimum atomic E-state index is -0.872. The van der Waals surface area contributed by atoms with Gasteiger partial charge in [-0.1, -0.05) is 0 Å². The number of nitrogens with one attached hydrogen (secondary N) is 2. The van der Waals surface area contributed by atoms with Gasteiger partial charge in [0.2, 0.25) is 0 Å². The fourth-order valence-electron chi connectivity index (χ4n) is 3.23. The van der Waals surface area contributed by atoms with Crippen molar-refractivity contribution in [3.63, 3.8) is 0 Å². The molecule has 3 N–H and O–H groups in total. The number of aryl methyl sites for hydroxylation is 1. The summed E-state index contributed by atoms with van der Waals surface area (Å²) in [5.74, 6) is 0.664.